The molecule has 0 bridgehead atoms. The predicted octanol–water partition coefficient (Wildman–Crippen LogP) is 2.44. The second kappa shape index (κ2) is 6.22. The number of amides is 1. The first-order valence-electron chi connectivity index (χ1n) is 7.62. The van der Waals surface area contributed by atoms with E-state index in [0.717, 1.165) is 42.4 Å². The summed E-state index contributed by atoms with van der Waals surface area (Å²) in [7, 11) is 0. The fourth-order valence-electron chi connectivity index (χ4n) is 3.17. The predicted molar refractivity (Wildman–Crippen MR) is 84.0 cm³/mol. The summed E-state index contributed by atoms with van der Waals surface area (Å²) in [6.07, 6.45) is 4.97. The number of fused-ring (bicyclic) bond motifs is 1. The molecule has 2 heterocycles. The number of hydrogen-bond acceptors (Lipinski definition) is 3. The maximum absolute atomic E-state index is 12.8. The molecular formula is C17H21N3O. The van der Waals surface area contributed by atoms with Crippen LogP contribution in [0.15, 0.2) is 36.5 Å². The number of nitrogens with two attached hydrogens (primary N) is 1. The van der Waals surface area contributed by atoms with E-state index < -0.39 is 0 Å². The quantitative estimate of drug-likeness (QED) is 0.941. The number of likely N-dealkylation sites (tertiary alicyclic amines) is 1. The maximum Gasteiger partial charge on any atom is 0.254 e. The molecule has 1 unspecified atom stereocenters. The first-order valence-corrected chi connectivity index (χ1v) is 7.62. The minimum absolute atomic E-state index is 0.121. The van der Waals surface area contributed by atoms with Gasteiger partial charge >= 0.3 is 0 Å². The third kappa shape index (κ3) is 2.90. The maximum atomic E-state index is 12.8. The molecule has 2 N–H and O–H groups in total. The van der Waals surface area contributed by atoms with Gasteiger partial charge in [-0.15, -0.1) is 0 Å². The van der Waals surface area contributed by atoms with E-state index >= 15 is 0 Å². The van der Waals surface area contributed by atoms with Crippen LogP contribution in [-0.2, 0) is 0 Å². The lowest BCUT2D eigenvalue weighted by Gasteiger charge is -2.33. The van der Waals surface area contributed by atoms with Gasteiger partial charge in [0.15, 0.2) is 0 Å². The zero-order valence-electron chi connectivity index (χ0n) is 12.2. The van der Waals surface area contributed by atoms with Crippen molar-refractivity contribution >= 4 is 16.8 Å². The van der Waals surface area contributed by atoms with Crippen molar-refractivity contribution < 1.29 is 4.79 Å². The molecule has 2 aromatic rings. The van der Waals surface area contributed by atoms with E-state index in [0.29, 0.717) is 12.5 Å². The van der Waals surface area contributed by atoms with Crippen LogP contribution in [-0.4, -0.2) is 35.4 Å². The van der Waals surface area contributed by atoms with E-state index in [1.807, 2.05) is 35.2 Å². The molecule has 1 amide bonds. The van der Waals surface area contributed by atoms with E-state index in [1.165, 1.54) is 6.42 Å². The topological polar surface area (TPSA) is 59.2 Å². The molecule has 110 valence electrons. The van der Waals surface area contributed by atoms with Crippen LogP contribution in [0.2, 0.25) is 0 Å². The number of hydrogen-bond donors (Lipinski definition) is 1. The Kier molecular flexibility index (Phi) is 4.15. The number of aromatic nitrogens is 1. The number of nitrogens with zero attached hydrogens (tertiary/aromatic N) is 2. The highest BCUT2D eigenvalue weighted by Gasteiger charge is 2.25. The van der Waals surface area contributed by atoms with Crippen LogP contribution < -0.4 is 5.73 Å². The molecule has 1 atom stereocenters. The van der Waals surface area contributed by atoms with Gasteiger partial charge in [0.05, 0.1) is 11.1 Å². The summed E-state index contributed by atoms with van der Waals surface area (Å²) in [5, 5.41) is 0.936. The van der Waals surface area contributed by atoms with Gasteiger partial charge in [0.1, 0.15) is 0 Å². The summed E-state index contributed by atoms with van der Waals surface area (Å²) < 4.78 is 0. The number of pyridine rings is 1. The van der Waals surface area contributed by atoms with Gasteiger partial charge in [-0.2, -0.15) is 0 Å². The fourth-order valence-corrected chi connectivity index (χ4v) is 3.17. The van der Waals surface area contributed by atoms with Crippen LogP contribution in [0.25, 0.3) is 10.9 Å². The average Bonchev–Trinajstić information content (AvgIpc) is 2.54. The Hall–Kier alpha value is -1.94. The minimum Gasteiger partial charge on any atom is -0.338 e. The van der Waals surface area contributed by atoms with Crippen molar-refractivity contribution in [1.82, 2.24) is 9.88 Å². The number of carbonyl (C=O) groups is 1. The smallest absolute Gasteiger partial charge is 0.254 e. The van der Waals surface area contributed by atoms with E-state index in [9.17, 15) is 4.79 Å². The van der Waals surface area contributed by atoms with Crippen molar-refractivity contribution in [2.24, 2.45) is 11.7 Å². The van der Waals surface area contributed by atoms with Crippen molar-refractivity contribution in [2.75, 3.05) is 19.6 Å². The van der Waals surface area contributed by atoms with Crippen LogP contribution in [0.1, 0.15) is 29.6 Å². The van der Waals surface area contributed by atoms with Crippen molar-refractivity contribution in [3.8, 4) is 0 Å². The first kappa shape index (κ1) is 14.0. The summed E-state index contributed by atoms with van der Waals surface area (Å²) in [6.45, 7) is 2.37. The van der Waals surface area contributed by atoms with E-state index in [-0.39, 0.29) is 5.91 Å². The molecule has 1 aromatic carbocycles. The number of piperidine rings is 1. The summed E-state index contributed by atoms with van der Waals surface area (Å²) in [4.78, 5) is 19.1. The zero-order chi connectivity index (χ0) is 14.7. The second-order valence-electron chi connectivity index (χ2n) is 5.71. The molecule has 0 aliphatic carbocycles. The van der Waals surface area contributed by atoms with E-state index in [1.54, 1.807) is 6.20 Å². The van der Waals surface area contributed by atoms with Crippen molar-refractivity contribution in [3.63, 3.8) is 0 Å². The van der Waals surface area contributed by atoms with Crippen LogP contribution in [0.3, 0.4) is 0 Å². The van der Waals surface area contributed by atoms with Gasteiger partial charge in [-0.1, -0.05) is 18.2 Å². The van der Waals surface area contributed by atoms with Gasteiger partial charge in [-0.05, 0) is 43.9 Å². The lowest BCUT2D eigenvalue weighted by molar-refractivity contribution is 0.0671. The van der Waals surface area contributed by atoms with Crippen LogP contribution in [0.4, 0.5) is 0 Å². The lowest BCUT2D eigenvalue weighted by Crippen LogP contribution is -2.40. The molecule has 3 rings (SSSR count). The van der Waals surface area contributed by atoms with Gasteiger partial charge in [0, 0.05) is 24.7 Å². The Labute approximate surface area is 125 Å². The highest BCUT2D eigenvalue weighted by Crippen LogP contribution is 2.23. The average molecular weight is 283 g/mol. The molecule has 4 heteroatoms. The van der Waals surface area contributed by atoms with Gasteiger partial charge in [-0.3, -0.25) is 9.78 Å². The number of carbonyl (C=O) groups excluding carboxylic acids is 1. The fraction of sp³-hybridized carbons (Fsp3) is 0.412. The van der Waals surface area contributed by atoms with Crippen molar-refractivity contribution in [1.29, 1.82) is 0 Å². The molecule has 21 heavy (non-hydrogen) atoms. The van der Waals surface area contributed by atoms with Gasteiger partial charge in [0.25, 0.3) is 5.91 Å². The third-order valence-corrected chi connectivity index (χ3v) is 4.26. The van der Waals surface area contributed by atoms with Gasteiger partial charge in [-0.25, -0.2) is 0 Å². The SMILES string of the molecule is NCCC1CCCN(C(=O)c2ccnc3ccccc23)C1. The minimum atomic E-state index is 0.121. The molecule has 1 aliphatic rings. The van der Waals surface area contributed by atoms with Crippen LogP contribution in [0, 0.1) is 5.92 Å². The van der Waals surface area contributed by atoms with Crippen molar-refractivity contribution in [2.45, 2.75) is 19.3 Å². The monoisotopic (exact) mass is 283 g/mol. The highest BCUT2D eigenvalue weighted by atomic mass is 16.2. The normalized spacial score (nSPS) is 18.9. The van der Waals surface area contributed by atoms with E-state index in [4.69, 9.17) is 5.73 Å². The molecule has 1 fully saturated rings. The first-order chi connectivity index (χ1) is 10.3. The van der Waals surface area contributed by atoms with E-state index in [2.05, 4.69) is 4.98 Å². The van der Waals surface area contributed by atoms with Gasteiger partial charge in [0.2, 0.25) is 0 Å². The molecule has 0 spiro atoms. The number of para-hydroxylation sites is 1. The zero-order valence-corrected chi connectivity index (χ0v) is 12.2. The Morgan fingerprint density at radius 2 is 2.19 bits per heavy atom. The summed E-state index contributed by atoms with van der Waals surface area (Å²) in [5.41, 5.74) is 7.29. The molecular weight excluding hydrogens is 262 g/mol. The summed E-state index contributed by atoms with van der Waals surface area (Å²) >= 11 is 0. The third-order valence-electron chi connectivity index (χ3n) is 4.26. The molecule has 4 nitrogen and oxygen atoms in total. The molecule has 1 aromatic heterocycles. The standard InChI is InChI=1S/C17H21N3O/c18-9-7-13-4-3-11-20(12-13)17(21)15-8-10-19-16-6-2-1-5-14(15)16/h1-2,5-6,8,10,13H,3-4,7,9,11-12,18H2. The number of benzene rings is 1. The second-order valence-corrected chi connectivity index (χ2v) is 5.71. The molecule has 1 aliphatic heterocycles. The summed E-state index contributed by atoms with van der Waals surface area (Å²) in [5.74, 6) is 0.663. The Morgan fingerprint density at radius 3 is 3.05 bits per heavy atom. The molecule has 1 saturated heterocycles. The highest BCUT2D eigenvalue weighted by molar-refractivity contribution is 6.05. The van der Waals surface area contributed by atoms with Gasteiger partial charge < -0.3 is 10.6 Å². The molecule has 0 radical (unpaired) electrons. The largest absolute Gasteiger partial charge is 0.338 e. The van der Waals surface area contributed by atoms with Crippen LogP contribution in [0.5, 0.6) is 0 Å². The Balaban J connectivity index is 1.86. The Morgan fingerprint density at radius 1 is 1.33 bits per heavy atom. The lowest BCUT2D eigenvalue weighted by atomic mass is 9.94. The number of rotatable bonds is 3. The molecule has 0 saturated carbocycles. The van der Waals surface area contributed by atoms with Crippen LogP contribution >= 0.6 is 0 Å². The summed E-state index contributed by atoms with van der Waals surface area (Å²) in [6, 6.07) is 9.64. The van der Waals surface area contributed by atoms with Crippen molar-refractivity contribution in [3.05, 3.63) is 42.1 Å². The Bertz CT molecular complexity index is 633.